The number of ether oxygens (including phenoxy) is 1. The number of rotatable bonds is 4. The Labute approximate surface area is 136 Å². The summed E-state index contributed by atoms with van der Waals surface area (Å²) < 4.78 is 5.48. The summed E-state index contributed by atoms with van der Waals surface area (Å²) in [6.45, 7) is 4.34. The van der Waals surface area contributed by atoms with Crippen molar-refractivity contribution in [1.82, 2.24) is 4.98 Å². The first-order valence-corrected chi connectivity index (χ1v) is 7.87. The average Bonchev–Trinajstić information content (AvgIpc) is 3.10. The van der Waals surface area contributed by atoms with Gasteiger partial charge >= 0.3 is 0 Å². The van der Waals surface area contributed by atoms with Crippen LogP contribution in [0.1, 0.15) is 13.8 Å². The van der Waals surface area contributed by atoms with E-state index >= 15 is 0 Å². The number of nitrogens with zero attached hydrogens (tertiary/aromatic N) is 3. The molecule has 1 fully saturated rings. The van der Waals surface area contributed by atoms with E-state index in [0.717, 1.165) is 6.29 Å². The zero-order chi connectivity index (χ0) is 16.6. The maximum atomic E-state index is 11.2. The SMILES string of the molecule is CC1(C)COC(C=O)N1c1nc(-c2ccccc2[N+](=O)[O-])cs1. The highest BCUT2D eigenvalue weighted by molar-refractivity contribution is 7.14. The Morgan fingerprint density at radius 2 is 2.22 bits per heavy atom. The first kappa shape index (κ1) is 15.6. The maximum Gasteiger partial charge on any atom is 0.278 e. The summed E-state index contributed by atoms with van der Waals surface area (Å²) in [5.41, 5.74) is 0.613. The van der Waals surface area contributed by atoms with E-state index in [0.29, 0.717) is 23.0 Å². The van der Waals surface area contributed by atoms with Crippen LogP contribution in [0.25, 0.3) is 11.3 Å². The lowest BCUT2D eigenvalue weighted by Crippen LogP contribution is -2.45. The number of thiazole rings is 1. The number of para-hydroxylation sites is 1. The molecule has 23 heavy (non-hydrogen) atoms. The number of benzene rings is 1. The van der Waals surface area contributed by atoms with Crippen molar-refractivity contribution < 1.29 is 14.5 Å². The van der Waals surface area contributed by atoms with Gasteiger partial charge in [0, 0.05) is 11.4 Å². The number of aldehydes is 1. The van der Waals surface area contributed by atoms with Gasteiger partial charge in [0.2, 0.25) is 0 Å². The predicted octanol–water partition coefficient (Wildman–Crippen LogP) is 2.86. The topological polar surface area (TPSA) is 85.6 Å². The summed E-state index contributed by atoms with van der Waals surface area (Å²) in [7, 11) is 0. The molecular formula is C15H15N3O4S. The predicted molar refractivity (Wildman–Crippen MR) is 86.6 cm³/mol. The molecule has 0 N–H and O–H groups in total. The van der Waals surface area contributed by atoms with Crippen LogP contribution >= 0.6 is 11.3 Å². The molecule has 0 amide bonds. The molecule has 0 radical (unpaired) electrons. The summed E-state index contributed by atoms with van der Waals surface area (Å²) in [4.78, 5) is 28.3. The van der Waals surface area contributed by atoms with E-state index in [-0.39, 0.29) is 11.2 Å². The highest BCUT2D eigenvalue weighted by atomic mass is 32.1. The van der Waals surface area contributed by atoms with Crippen LogP contribution in [0.15, 0.2) is 29.6 Å². The fraction of sp³-hybridized carbons (Fsp3) is 0.333. The van der Waals surface area contributed by atoms with E-state index in [1.807, 2.05) is 18.7 Å². The molecule has 1 aromatic heterocycles. The number of carbonyl (C=O) groups is 1. The molecule has 8 heteroatoms. The highest BCUT2D eigenvalue weighted by Crippen LogP contribution is 2.38. The van der Waals surface area contributed by atoms with E-state index in [1.165, 1.54) is 17.4 Å². The number of aromatic nitrogens is 1. The van der Waals surface area contributed by atoms with Gasteiger partial charge in [0.1, 0.15) is 0 Å². The Balaban J connectivity index is 2.01. The Bertz CT molecular complexity index is 759. The fourth-order valence-electron chi connectivity index (χ4n) is 2.59. The Morgan fingerprint density at radius 3 is 2.91 bits per heavy atom. The molecule has 1 unspecified atom stereocenters. The Kier molecular flexibility index (Phi) is 3.87. The third-order valence-corrected chi connectivity index (χ3v) is 4.55. The summed E-state index contributed by atoms with van der Waals surface area (Å²) >= 11 is 1.34. The lowest BCUT2D eigenvalue weighted by Gasteiger charge is -2.30. The van der Waals surface area contributed by atoms with Crippen molar-refractivity contribution in [2.24, 2.45) is 0 Å². The molecule has 0 saturated carbocycles. The molecule has 0 spiro atoms. The molecule has 7 nitrogen and oxygen atoms in total. The van der Waals surface area contributed by atoms with Gasteiger partial charge in [-0.2, -0.15) is 0 Å². The van der Waals surface area contributed by atoms with E-state index in [2.05, 4.69) is 4.98 Å². The third-order valence-electron chi connectivity index (χ3n) is 3.71. The van der Waals surface area contributed by atoms with Crippen LogP contribution in [-0.4, -0.2) is 34.6 Å². The second kappa shape index (κ2) is 5.71. The monoisotopic (exact) mass is 333 g/mol. The van der Waals surface area contributed by atoms with Crippen LogP contribution < -0.4 is 4.90 Å². The minimum absolute atomic E-state index is 0.00761. The zero-order valence-corrected chi connectivity index (χ0v) is 13.4. The molecule has 2 aromatic rings. The van der Waals surface area contributed by atoms with E-state index in [1.54, 1.807) is 23.6 Å². The number of carbonyl (C=O) groups excluding carboxylic acids is 1. The molecule has 1 aliphatic heterocycles. The molecule has 2 heterocycles. The summed E-state index contributed by atoms with van der Waals surface area (Å²) in [6.07, 6.45) is 0.0515. The van der Waals surface area contributed by atoms with Gasteiger partial charge in [-0.15, -0.1) is 11.3 Å². The molecule has 0 bridgehead atoms. The second-order valence-electron chi connectivity index (χ2n) is 5.81. The summed E-state index contributed by atoms with van der Waals surface area (Å²) in [5.74, 6) is 0. The molecule has 1 aromatic carbocycles. The molecule has 0 aliphatic carbocycles. The smallest absolute Gasteiger partial charge is 0.278 e. The number of hydrogen-bond acceptors (Lipinski definition) is 7. The van der Waals surface area contributed by atoms with Crippen molar-refractivity contribution in [2.45, 2.75) is 25.6 Å². The van der Waals surface area contributed by atoms with E-state index < -0.39 is 11.2 Å². The third kappa shape index (κ3) is 2.71. The lowest BCUT2D eigenvalue weighted by atomic mass is 10.1. The quantitative estimate of drug-likeness (QED) is 0.486. The van der Waals surface area contributed by atoms with Gasteiger partial charge in [0.15, 0.2) is 17.6 Å². The van der Waals surface area contributed by atoms with Crippen molar-refractivity contribution in [1.29, 1.82) is 0 Å². The summed E-state index contributed by atoms with van der Waals surface area (Å²) in [5, 5.41) is 13.5. The van der Waals surface area contributed by atoms with Gasteiger partial charge < -0.3 is 9.64 Å². The normalized spacial score (nSPS) is 19.7. The number of nitro benzene ring substituents is 1. The van der Waals surface area contributed by atoms with Crippen LogP contribution in [-0.2, 0) is 9.53 Å². The standard InChI is InChI=1S/C15H15N3O4S/c1-15(2)9-22-13(7-19)17(15)14-16-11(8-23-14)10-5-3-4-6-12(10)18(20)21/h3-8,13H,9H2,1-2H3. The lowest BCUT2D eigenvalue weighted by molar-refractivity contribution is -0.384. The average molecular weight is 333 g/mol. The van der Waals surface area contributed by atoms with E-state index in [4.69, 9.17) is 4.74 Å². The van der Waals surface area contributed by atoms with Crippen LogP contribution in [0.2, 0.25) is 0 Å². The first-order valence-electron chi connectivity index (χ1n) is 6.99. The van der Waals surface area contributed by atoms with E-state index in [9.17, 15) is 14.9 Å². The number of hydrogen-bond donors (Lipinski definition) is 0. The first-order chi connectivity index (χ1) is 10.9. The largest absolute Gasteiger partial charge is 0.349 e. The Morgan fingerprint density at radius 1 is 1.48 bits per heavy atom. The van der Waals surface area contributed by atoms with Crippen molar-refractivity contribution in [3.63, 3.8) is 0 Å². The van der Waals surface area contributed by atoms with Crippen LogP contribution in [0.3, 0.4) is 0 Å². The fourth-order valence-corrected chi connectivity index (χ4v) is 3.61. The van der Waals surface area contributed by atoms with Crippen LogP contribution in [0, 0.1) is 10.1 Å². The molecule has 1 atom stereocenters. The number of nitro groups is 1. The molecular weight excluding hydrogens is 318 g/mol. The van der Waals surface area contributed by atoms with Gasteiger partial charge in [-0.25, -0.2) is 4.98 Å². The minimum atomic E-state index is -0.685. The Hall–Kier alpha value is -2.32. The second-order valence-corrected chi connectivity index (χ2v) is 6.65. The van der Waals surface area contributed by atoms with Gasteiger partial charge in [-0.3, -0.25) is 14.9 Å². The van der Waals surface area contributed by atoms with Gasteiger partial charge in [0.25, 0.3) is 5.69 Å². The van der Waals surface area contributed by atoms with Gasteiger partial charge in [-0.05, 0) is 19.9 Å². The van der Waals surface area contributed by atoms with Crippen LogP contribution in [0.5, 0.6) is 0 Å². The molecule has 1 saturated heterocycles. The molecule has 3 rings (SSSR count). The van der Waals surface area contributed by atoms with Crippen molar-refractivity contribution >= 4 is 28.4 Å². The zero-order valence-electron chi connectivity index (χ0n) is 12.6. The maximum absolute atomic E-state index is 11.2. The highest BCUT2D eigenvalue weighted by Gasteiger charge is 2.42. The van der Waals surface area contributed by atoms with Crippen LogP contribution in [0.4, 0.5) is 10.8 Å². The van der Waals surface area contributed by atoms with Gasteiger partial charge in [-0.1, -0.05) is 12.1 Å². The summed E-state index contributed by atoms with van der Waals surface area (Å²) in [6, 6.07) is 6.47. The van der Waals surface area contributed by atoms with Crippen molar-refractivity contribution in [2.75, 3.05) is 11.5 Å². The van der Waals surface area contributed by atoms with Crippen molar-refractivity contribution in [3.05, 3.63) is 39.8 Å². The molecule has 120 valence electrons. The van der Waals surface area contributed by atoms with Crippen molar-refractivity contribution in [3.8, 4) is 11.3 Å². The minimum Gasteiger partial charge on any atom is -0.349 e. The van der Waals surface area contributed by atoms with Gasteiger partial charge in [0.05, 0.1) is 28.3 Å². The number of anilines is 1. The molecule has 1 aliphatic rings.